The van der Waals surface area contributed by atoms with Crippen LogP contribution < -0.4 is 4.90 Å². The monoisotopic (exact) mass is 317 g/mol. The van der Waals surface area contributed by atoms with Gasteiger partial charge in [0.1, 0.15) is 0 Å². The van der Waals surface area contributed by atoms with Crippen LogP contribution in [-0.4, -0.2) is 72.5 Å². The molecule has 6 nitrogen and oxygen atoms in total. The molecule has 3 rings (SSSR count). The zero-order valence-electron chi connectivity index (χ0n) is 14.5. The predicted molar refractivity (Wildman–Crippen MR) is 90.4 cm³/mol. The van der Waals surface area contributed by atoms with Crippen LogP contribution in [-0.2, 0) is 4.79 Å². The number of aryl methyl sites for hydroxylation is 1. The van der Waals surface area contributed by atoms with Crippen LogP contribution >= 0.6 is 0 Å². The first-order valence-electron chi connectivity index (χ1n) is 8.48. The number of piperidine rings is 1. The molecule has 2 aliphatic rings. The molecule has 2 aliphatic heterocycles. The van der Waals surface area contributed by atoms with E-state index in [1.165, 1.54) is 0 Å². The molecule has 1 aromatic heterocycles. The van der Waals surface area contributed by atoms with Gasteiger partial charge < -0.3 is 14.7 Å². The maximum absolute atomic E-state index is 12.8. The van der Waals surface area contributed by atoms with Gasteiger partial charge in [0.25, 0.3) is 0 Å². The van der Waals surface area contributed by atoms with Crippen LogP contribution in [0.15, 0.2) is 12.4 Å². The summed E-state index contributed by atoms with van der Waals surface area (Å²) in [6.07, 6.45) is 6.55. The van der Waals surface area contributed by atoms with E-state index in [4.69, 9.17) is 0 Å². The molecule has 0 N–H and O–H groups in total. The number of carbonyl (C=O) groups excluding carboxylic acids is 1. The van der Waals surface area contributed by atoms with Gasteiger partial charge in [-0.25, -0.2) is 9.97 Å². The lowest BCUT2D eigenvalue weighted by Crippen LogP contribution is -2.46. The Hall–Kier alpha value is -1.69. The number of anilines is 1. The number of aromatic nitrogens is 2. The maximum atomic E-state index is 12.8. The normalized spacial score (nSPS) is 20.8. The first kappa shape index (κ1) is 16.2. The van der Waals surface area contributed by atoms with E-state index in [9.17, 15) is 4.79 Å². The number of amides is 1. The first-order chi connectivity index (χ1) is 11.0. The zero-order valence-corrected chi connectivity index (χ0v) is 14.5. The van der Waals surface area contributed by atoms with Crippen LogP contribution in [0.25, 0.3) is 0 Å². The van der Waals surface area contributed by atoms with Gasteiger partial charge >= 0.3 is 0 Å². The van der Waals surface area contributed by atoms with Crippen LogP contribution in [0.4, 0.5) is 5.95 Å². The van der Waals surface area contributed by atoms with Crippen LogP contribution in [0.1, 0.15) is 24.8 Å². The summed E-state index contributed by atoms with van der Waals surface area (Å²) in [7, 11) is 4.10. The molecule has 0 aromatic carbocycles. The summed E-state index contributed by atoms with van der Waals surface area (Å²) in [5, 5.41) is 0. The number of likely N-dealkylation sites (tertiary alicyclic amines) is 1. The van der Waals surface area contributed by atoms with Gasteiger partial charge in [0, 0.05) is 45.1 Å². The summed E-state index contributed by atoms with van der Waals surface area (Å²) in [4.78, 5) is 28.1. The second-order valence-electron chi connectivity index (χ2n) is 7.17. The third-order valence-electron chi connectivity index (χ3n) is 5.19. The summed E-state index contributed by atoms with van der Waals surface area (Å²) in [5.74, 6) is 1.16. The molecule has 23 heavy (non-hydrogen) atoms. The van der Waals surface area contributed by atoms with Crippen molar-refractivity contribution in [3.05, 3.63) is 18.0 Å². The lowest BCUT2D eigenvalue weighted by atomic mass is 9.77. The van der Waals surface area contributed by atoms with Crippen molar-refractivity contribution in [3.63, 3.8) is 0 Å². The molecule has 126 valence electrons. The van der Waals surface area contributed by atoms with Crippen LogP contribution in [0.2, 0.25) is 0 Å². The zero-order chi connectivity index (χ0) is 16.4. The summed E-state index contributed by atoms with van der Waals surface area (Å²) in [5.41, 5.74) is 0.942. The van der Waals surface area contributed by atoms with Gasteiger partial charge in [-0.05, 0) is 45.8 Å². The van der Waals surface area contributed by atoms with Gasteiger partial charge in [-0.2, -0.15) is 0 Å². The lowest BCUT2D eigenvalue weighted by Gasteiger charge is -2.38. The topological polar surface area (TPSA) is 52.6 Å². The molecule has 1 amide bonds. The maximum Gasteiger partial charge on any atom is 0.229 e. The molecule has 3 heterocycles. The fourth-order valence-corrected chi connectivity index (χ4v) is 3.57. The van der Waals surface area contributed by atoms with Crippen molar-refractivity contribution in [2.75, 3.05) is 51.7 Å². The van der Waals surface area contributed by atoms with Crippen LogP contribution in [0.3, 0.4) is 0 Å². The molecule has 0 atom stereocenters. The second kappa shape index (κ2) is 6.43. The van der Waals surface area contributed by atoms with E-state index in [0.29, 0.717) is 5.91 Å². The summed E-state index contributed by atoms with van der Waals surface area (Å²) in [6, 6.07) is 0. The van der Waals surface area contributed by atoms with Crippen molar-refractivity contribution in [2.24, 2.45) is 5.41 Å². The average molecular weight is 317 g/mol. The van der Waals surface area contributed by atoms with E-state index in [1.54, 1.807) is 0 Å². The Morgan fingerprint density at radius 2 is 1.74 bits per heavy atom. The molecule has 1 aromatic rings. The van der Waals surface area contributed by atoms with Crippen LogP contribution in [0.5, 0.6) is 0 Å². The van der Waals surface area contributed by atoms with E-state index in [2.05, 4.69) is 38.8 Å². The van der Waals surface area contributed by atoms with Crippen molar-refractivity contribution in [1.29, 1.82) is 0 Å². The van der Waals surface area contributed by atoms with E-state index in [0.717, 1.165) is 63.5 Å². The molecular formula is C17H27N5O. The van der Waals surface area contributed by atoms with Crippen LogP contribution in [0, 0.1) is 12.3 Å². The SMILES string of the molecule is Cc1cnc(N2CCC3(CCN(CCN(C)C)C3=O)CC2)nc1. The highest BCUT2D eigenvalue weighted by Gasteiger charge is 2.48. The summed E-state index contributed by atoms with van der Waals surface area (Å²) >= 11 is 0. The third-order valence-corrected chi connectivity index (χ3v) is 5.19. The smallest absolute Gasteiger partial charge is 0.229 e. The highest BCUT2D eigenvalue weighted by atomic mass is 16.2. The van der Waals surface area contributed by atoms with E-state index >= 15 is 0 Å². The molecule has 0 unspecified atom stereocenters. The number of hydrogen-bond acceptors (Lipinski definition) is 5. The van der Waals surface area contributed by atoms with E-state index in [1.807, 2.05) is 19.3 Å². The Labute approximate surface area is 138 Å². The second-order valence-corrected chi connectivity index (χ2v) is 7.17. The van der Waals surface area contributed by atoms with Gasteiger partial charge in [0.2, 0.25) is 11.9 Å². The van der Waals surface area contributed by atoms with Crippen molar-refractivity contribution in [2.45, 2.75) is 26.2 Å². The largest absolute Gasteiger partial charge is 0.341 e. The lowest BCUT2D eigenvalue weighted by molar-refractivity contribution is -0.137. The van der Waals surface area contributed by atoms with Gasteiger partial charge in [-0.3, -0.25) is 4.79 Å². The Morgan fingerprint density at radius 3 is 2.35 bits per heavy atom. The van der Waals surface area contributed by atoms with Gasteiger partial charge in [-0.15, -0.1) is 0 Å². The van der Waals surface area contributed by atoms with Crippen molar-refractivity contribution >= 4 is 11.9 Å². The summed E-state index contributed by atoms with van der Waals surface area (Å²) < 4.78 is 0. The van der Waals surface area contributed by atoms with Gasteiger partial charge in [-0.1, -0.05) is 0 Å². The first-order valence-corrected chi connectivity index (χ1v) is 8.48. The van der Waals surface area contributed by atoms with Gasteiger partial charge in [0.05, 0.1) is 5.41 Å². The minimum Gasteiger partial charge on any atom is -0.341 e. The molecule has 0 radical (unpaired) electrons. The van der Waals surface area contributed by atoms with Crippen molar-refractivity contribution in [3.8, 4) is 0 Å². The van der Waals surface area contributed by atoms with E-state index in [-0.39, 0.29) is 5.41 Å². The number of likely N-dealkylation sites (N-methyl/N-ethyl adjacent to an activating group) is 1. The molecule has 2 saturated heterocycles. The third kappa shape index (κ3) is 3.32. The Kier molecular flexibility index (Phi) is 4.53. The van der Waals surface area contributed by atoms with Gasteiger partial charge in [0.15, 0.2) is 0 Å². The highest BCUT2D eigenvalue weighted by Crippen LogP contribution is 2.41. The minimum atomic E-state index is -0.131. The molecule has 0 bridgehead atoms. The Bertz CT molecular complexity index is 549. The Balaban J connectivity index is 1.60. The predicted octanol–water partition coefficient (Wildman–Crippen LogP) is 1.17. The highest BCUT2D eigenvalue weighted by molar-refractivity contribution is 5.85. The standard InChI is InChI=1S/C17H27N5O/c1-14-12-18-16(19-13-14)22-8-5-17(6-9-22)4-7-21(15(17)23)11-10-20(2)3/h12-13H,4-11H2,1-3H3. The Morgan fingerprint density at radius 1 is 1.13 bits per heavy atom. The number of nitrogens with zero attached hydrogens (tertiary/aromatic N) is 5. The quantitative estimate of drug-likeness (QED) is 0.834. The molecule has 1 spiro atoms. The average Bonchev–Trinajstić information content (AvgIpc) is 2.84. The number of carbonyl (C=O) groups is 1. The number of hydrogen-bond donors (Lipinski definition) is 0. The molecular weight excluding hydrogens is 290 g/mol. The molecule has 6 heteroatoms. The molecule has 0 saturated carbocycles. The van der Waals surface area contributed by atoms with Crippen molar-refractivity contribution < 1.29 is 4.79 Å². The minimum absolute atomic E-state index is 0.131. The fourth-order valence-electron chi connectivity index (χ4n) is 3.57. The molecule has 2 fully saturated rings. The fraction of sp³-hybridized carbons (Fsp3) is 0.706. The van der Waals surface area contributed by atoms with Crippen molar-refractivity contribution in [1.82, 2.24) is 19.8 Å². The van der Waals surface area contributed by atoms with E-state index < -0.39 is 0 Å². The molecule has 0 aliphatic carbocycles. The summed E-state index contributed by atoms with van der Waals surface area (Å²) in [6.45, 7) is 6.43. The number of rotatable bonds is 4.